The molecule has 0 spiro atoms. The molecule has 1 aromatic carbocycles. The number of nitrogens with zero attached hydrogens (tertiary/aromatic N) is 3. The second-order valence-corrected chi connectivity index (χ2v) is 4.41. The van der Waals surface area contributed by atoms with Gasteiger partial charge in [-0.1, -0.05) is 6.07 Å². The first-order valence-corrected chi connectivity index (χ1v) is 6.79. The molecule has 21 heavy (non-hydrogen) atoms. The van der Waals surface area contributed by atoms with Crippen LogP contribution in [0.1, 0.15) is 24.2 Å². The zero-order chi connectivity index (χ0) is 15.2. The predicted octanol–water partition coefficient (Wildman–Crippen LogP) is 2.71. The molecule has 0 saturated heterocycles. The van der Waals surface area contributed by atoms with Gasteiger partial charge in [0.05, 0.1) is 0 Å². The van der Waals surface area contributed by atoms with Gasteiger partial charge in [0.25, 0.3) is 5.91 Å². The number of carbonyl (C=O) groups is 1. The normalized spacial score (nSPS) is 10.2. The largest absolute Gasteiger partial charge is 0.356 e. The van der Waals surface area contributed by atoms with Crippen LogP contribution in [0.5, 0.6) is 0 Å². The minimum absolute atomic E-state index is 0.240. The summed E-state index contributed by atoms with van der Waals surface area (Å²) in [5.74, 6) is 0.217. The van der Waals surface area contributed by atoms with Gasteiger partial charge in [0, 0.05) is 18.7 Å². The van der Waals surface area contributed by atoms with E-state index < -0.39 is 11.7 Å². The number of hydrogen-bond acceptors (Lipinski definition) is 4. The van der Waals surface area contributed by atoms with Crippen molar-refractivity contribution in [1.82, 2.24) is 10.2 Å². The molecule has 6 heteroatoms. The first-order valence-electron chi connectivity index (χ1n) is 6.79. The summed E-state index contributed by atoms with van der Waals surface area (Å²) < 4.78 is 13.1. The van der Waals surface area contributed by atoms with E-state index in [2.05, 4.69) is 15.5 Å². The number of aromatic nitrogens is 2. The Morgan fingerprint density at radius 2 is 1.95 bits per heavy atom. The van der Waals surface area contributed by atoms with E-state index in [1.807, 2.05) is 18.7 Å². The first kappa shape index (κ1) is 14.9. The molecular weight excluding hydrogens is 271 g/mol. The summed E-state index contributed by atoms with van der Waals surface area (Å²) >= 11 is 0. The monoisotopic (exact) mass is 288 g/mol. The molecule has 0 fully saturated rings. The maximum atomic E-state index is 13.1. The third-order valence-electron chi connectivity index (χ3n) is 3.07. The van der Waals surface area contributed by atoms with Gasteiger partial charge in [-0.05, 0) is 44.2 Å². The van der Waals surface area contributed by atoms with Crippen LogP contribution in [0.2, 0.25) is 0 Å². The topological polar surface area (TPSA) is 58.1 Å². The van der Waals surface area contributed by atoms with E-state index in [9.17, 15) is 9.18 Å². The fraction of sp³-hybridized carbons (Fsp3) is 0.267. The molecule has 0 bridgehead atoms. The van der Waals surface area contributed by atoms with Gasteiger partial charge in [0.1, 0.15) is 5.82 Å². The third kappa shape index (κ3) is 3.75. The smallest absolute Gasteiger partial charge is 0.256 e. The molecular formula is C15H17FN4O. The zero-order valence-corrected chi connectivity index (χ0v) is 12.0. The van der Waals surface area contributed by atoms with Gasteiger partial charge in [-0.25, -0.2) is 4.39 Å². The Bertz CT molecular complexity index is 611. The molecule has 0 aliphatic carbocycles. The Morgan fingerprint density at radius 3 is 2.52 bits per heavy atom. The highest BCUT2D eigenvalue weighted by atomic mass is 19.1. The number of nitrogens with one attached hydrogen (secondary N) is 1. The number of anilines is 2. The van der Waals surface area contributed by atoms with E-state index in [-0.39, 0.29) is 5.56 Å². The van der Waals surface area contributed by atoms with Gasteiger partial charge in [0.2, 0.25) is 0 Å². The van der Waals surface area contributed by atoms with Gasteiger partial charge in [0.15, 0.2) is 11.6 Å². The number of carbonyl (C=O) groups excluding carboxylic acids is 1. The van der Waals surface area contributed by atoms with Gasteiger partial charge in [-0.2, -0.15) is 0 Å². The van der Waals surface area contributed by atoms with Gasteiger partial charge in [-0.15, -0.1) is 10.2 Å². The van der Waals surface area contributed by atoms with Gasteiger partial charge < -0.3 is 10.2 Å². The summed E-state index contributed by atoms with van der Waals surface area (Å²) in [7, 11) is 0. The Balaban J connectivity index is 2.08. The van der Waals surface area contributed by atoms with E-state index in [0.717, 1.165) is 18.9 Å². The molecule has 0 unspecified atom stereocenters. The Kier molecular flexibility index (Phi) is 4.81. The van der Waals surface area contributed by atoms with Crippen molar-refractivity contribution in [3.05, 3.63) is 47.8 Å². The molecule has 0 saturated carbocycles. The van der Waals surface area contributed by atoms with Crippen LogP contribution in [0, 0.1) is 5.82 Å². The SMILES string of the molecule is CCN(CC)c1ccc(NC(=O)c2cccc(F)c2)nn1. The molecule has 110 valence electrons. The Hall–Kier alpha value is -2.50. The average Bonchev–Trinajstić information content (AvgIpc) is 2.50. The van der Waals surface area contributed by atoms with Crippen molar-refractivity contribution in [3.63, 3.8) is 0 Å². The van der Waals surface area contributed by atoms with E-state index in [4.69, 9.17) is 0 Å². The van der Waals surface area contributed by atoms with E-state index >= 15 is 0 Å². The number of hydrogen-bond donors (Lipinski definition) is 1. The lowest BCUT2D eigenvalue weighted by Crippen LogP contribution is -2.23. The van der Waals surface area contributed by atoms with Crippen molar-refractivity contribution in [2.45, 2.75) is 13.8 Å². The van der Waals surface area contributed by atoms with Gasteiger partial charge >= 0.3 is 0 Å². The summed E-state index contributed by atoms with van der Waals surface area (Å²) in [5, 5.41) is 10.6. The number of rotatable bonds is 5. The van der Waals surface area contributed by atoms with Crippen LogP contribution in [0.3, 0.4) is 0 Å². The minimum Gasteiger partial charge on any atom is -0.356 e. The quantitative estimate of drug-likeness (QED) is 0.919. The lowest BCUT2D eigenvalue weighted by atomic mass is 10.2. The first-order chi connectivity index (χ1) is 10.1. The van der Waals surface area contributed by atoms with E-state index in [1.165, 1.54) is 24.3 Å². The maximum absolute atomic E-state index is 13.1. The second kappa shape index (κ2) is 6.78. The van der Waals surface area contributed by atoms with Gasteiger partial charge in [-0.3, -0.25) is 4.79 Å². The van der Waals surface area contributed by atoms with Crippen LogP contribution in [-0.4, -0.2) is 29.2 Å². The molecule has 2 rings (SSSR count). The average molecular weight is 288 g/mol. The second-order valence-electron chi connectivity index (χ2n) is 4.41. The highest BCUT2D eigenvalue weighted by molar-refractivity contribution is 6.03. The highest BCUT2D eigenvalue weighted by Crippen LogP contribution is 2.12. The fourth-order valence-electron chi connectivity index (χ4n) is 1.93. The van der Waals surface area contributed by atoms with Crippen LogP contribution in [0.25, 0.3) is 0 Å². The summed E-state index contributed by atoms with van der Waals surface area (Å²) in [6.45, 7) is 5.73. The van der Waals surface area contributed by atoms with Crippen LogP contribution in [-0.2, 0) is 0 Å². The third-order valence-corrected chi connectivity index (χ3v) is 3.07. The zero-order valence-electron chi connectivity index (χ0n) is 12.0. The summed E-state index contributed by atoms with van der Waals surface area (Å²) in [6.07, 6.45) is 0. The van der Waals surface area contributed by atoms with Crippen LogP contribution in [0.15, 0.2) is 36.4 Å². The van der Waals surface area contributed by atoms with Crippen molar-refractivity contribution < 1.29 is 9.18 Å². The molecule has 2 aromatic rings. The molecule has 5 nitrogen and oxygen atoms in total. The molecule has 1 amide bonds. The Labute approximate surface area is 122 Å². The van der Waals surface area contributed by atoms with E-state index in [1.54, 1.807) is 12.1 Å². The number of benzene rings is 1. The van der Waals surface area contributed by atoms with E-state index in [0.29, 0.717) is 5.82 Å². The van der Waals surface area contributed by atoms with Crippen molar-refractivity contribution in [2.75, 3.05) is 23.3 Å². The summed E-state index contributed by atoms with van der Waals surface area (Å²) in [4.78, 5) is 14.0. The summed E-state index contributed by atoms with van der Waals surface area (Å²) in [5.41, 5.74) is 0.240. The molecule has 0 atom stereocenters. The van der Waals surface area contributed by atoms with Crippen LogP contribution in [0.4, 0.5) is 16.0 Å². The standard InChI is InChI=1S/C15H17FN4O/c1-3-20(4-2)14-9-8-13(18-19-14)17-15(21)11-6-5-7-12(16)10-11/h5-10H,3-4H2,1-2H3,(H,17,18,21). The highest BCUT2D eigenvalue weighted by Gasteiger charge is 2.09. The van der Waals surface area contributed by atoms with Crippen molar-refractivity contribution >= 4 is 17.5 Å². The lowest BCUT2D eigenvalue weighted by molar-refractivity contribution is 0.102. The van der Waals surface area contributed by atoms with Crippen molar-refractivity contribution in [3.8, 4) is 0 Å². The van der Waals surface area contributed by atoms with Crippen molar-refractivity contribution in [1.29, 1.82) is 0 Å². The predicted molar refractivity (Wildman–Crippen MR) is 79.9 cm³/mol. The Morgan fingerprint density at radius 1 is 1.19 bits per heavy atom. The molecule has 0 aliphatic heterocycles. The fourth-order valence-corrected chi connectivity index (χ4v) is 1.93. The number of halogens is 1. The minimum atomic E-state index is -0.453. The molecule has 0 aliphatic rings. The number of amides is 1. The summed E-state index contributed by atoms with van der Waals surface area (Å²) in [6, 6.07) is 8.96. The molecule has 0 radical (unpaired) electrons. The molecule has 1 aromatic heterocycles. The molecule has 1 N–H and O–H groups in total. The van der Waals surface area contributed by atoms with Crippen molar-refractivity contribution in [2.24, 2.45) is 0 Å². The van der Waals surface area contributed by atoms with Crippen LogP contribution < -0.4 is 10.2 Å². The lowest BCUT2D eigenvalue weighted by Gasteiger charge is -2.18. The van der Waals surface area contributed by atoms with Crippen LogP contribution >= 0.6 is 0 Å². The molecule has 1 heterocycles. The maximum Gasteiger partial charge on any atom is 0.256 e.